The van der Waals surface area contributed by atoms with Gasteiger partial charge in [0.25, 0.3) is 0 Å². The maximum absolute atomic E-state index is 12.2. The minimum absolute atomic E-state index is 0.00621. The number of carbonyl (C=O) groups is 2. The Kier molecular flexibility index (Phi) is 6.36. The highest BCUT2D eigenvalue weighted by Crippen LogP contribution is 2.22. The van der Waals surface area contributed by atoms with E-state index in [1.165, 1.54) is 0 Å². The Morgan fingerprint density at radius 3 is 2.15 bits per heavy atom. The molecule has 0 aliphatic carbocycles. The largest absolute Gasteiger partial charge is 0.479 e. The van der Waals surface area contributed by atoms with Crippen LogP contribution in [0.2, 0.25) is 0 Å². The van der Waals surface area contributed by atoms with E-state index in [4.69, 9.17) is 14.7 Å². The van der Waals surface area contributed by atoms with Gasteiger partial charge in [0.2, 0.25) is 0 Å². The molecule has 0 amide bonds. The van der Waals surface area contributed by atoms with Crippen molar-refractivity contribution in [3.05, 3.63) is 65.2 Å². The number of ether oxygens (including phenoxy) is 2. The van der Waals surface area contributed by atoms with E-state index in [-0.39, 0.29) is 17.8 Å². The van der Waals surface area contributed by atoms with Crippen LogP contribution in [0.25, 0.3) is 0 Å². The number of nitrogens with zero attached hydrogens (tertiary/aromatic N) is 1. The summed E-state index contributed by atoms with van der Waals surface area (Å²) >= 11 is 0. The van der Waals surface area contributed by atoms with Gasteiger partial charge in [0.1, 0.15) is 5.75 Å². The molecule has 0 aliphatic heterocycles. The van der Waals surface area contributed by atoms with Crippen LogP contribution in [-0.4, -0.2) is 24.5 Å². The summed E-state index contributed by atoms with van der Waals surface area (Å²) in [7, 11) is 0. The summed E-state index contributed by atoms with van der Waals surface area (Å²) in [6.07, 6.45) is -0.867. The van der Waals surface area contributed by atoms with E-state index in [2.05, 4.69) is 20.8 Å². The zero-order chi connectivity index (χ0) is 20.0. The Hall–Kier alpha value is -3.13. The number of Topliss-reactive ketones (excluding diaryl/α,β-unsaturated/α-hetero) is 1. The molecule has 0 saturated carbocycles. The van der Waals surface area contributed by atoms with Crippen LogP contribution in [0, 0.1) is 11.3 Å². The number of carbonyl (C=O) groups excluding carboxylic acids is 2. The Balaban J connectivity index is 1.88. The summed E-state index contributed by atoms with van der Waals surface area (Å²) in [5, 5.41) is 8.77. The van der Waals surface area contributed by atoms with Crippen molar-refractivity contribution in [3.8, 4) is 11.8 Å². The molecule has 140 valence electrons. The van der Waals surface area contributed by atoms with Gasteiger partial charge in [-0.1, -0.05) is 45.0 Å². The molecule has 0 fully saturated rings. The SMILES string of the molecule is C[C@H](Oc1ccc(C#N)cc1)C(=O)OCC(=O)c1ccc(C(C)(C)C)cc1. The van der Waals surface area contributed by atoms with Crippen LogP contribution in [0.5, 0.6) is 5.75 Å². The average Bonchev–Trinajstić information content (AvgIpc) is 2.65. The molecule has 0 aliphatic rings. The third-order valence-corrected chi connectivity index (χ3v) is 4.05. The van der Waals surface area contributed by atoms with E-state index in [9.17, 15) is 9.59 Å². The number of ketones is 1. The lowest BCUT2D eigenvalue weighted by Crippen LogP contribution is -2.28. The van der Waals surface area contributed by atoms with Gasteiger partial charge in [-0.25, -0.2) is 4.79 Å². The van der Waals surface area contributed by atoms with Crippen molar-refractivity contribution >= 4 is 11.8 Å². The fraction of sp³-hybridized carbons (Fsp3) is 0.318. The molecule has 2 rings (SSSR count). The molecule has 0 aromatic heterocycles. The van der Waals surface area contributed by atoms with Crippen molar-refractivity contribution in [2.24, 2.45) is 0 Å². The van der Waals surface area contributed by atoms with Crippen LogP contribution in [0.3, 0.4) is 0 Å². The van der Waals surface area contributed by atoms with Gasteiger partial charge in [0, 0.05) is 5.56 Å². The second-order valence-electron chi connectivity index (χ2n) is 7.25. The molecule has 5 nitrogen and oxygen atoms in total. The van der Waals surface area contributed by atoms with Crippen molar-refractivity contribution in [1.29, 1.82) is 5.26 Å². The highest BCUT2D eigenvalue weighted by atomic mass is 16.6. The summed E-state index contributed by atoms with van der Waals surface area (Å²) in [6.45, 7) is 7.50. The van der Waals surface area contributed by atoms with E-state index in [1.807, 2.05) is 18.2 Å². The zero-order valence-electron chi connectivity index (χ0n) is 16.0. The lowest BCUT2D eigenvalue weighted by Gasteiger charge is -2.19. The third kappa shape index (κ3) is 5.68. The number of hydrogen-bond acceptors (Lipinski definition) is 5. The predicted molar refractivity (Wildman–Crippen MR) is 102 cm³/mol. The standard InChI is InChI=1S/C22H23NO4/c1-15(27-19-11-5-16(13-23)6-12-19)21(25)26-14-20(24)17-7-9-18(10-8-17)22(2,3)4/h5-12,15H,14H2,1-4H3/t15-/m0/s1. The first-order chi connectivity index (χ1) is 12.7. The first kappa shape index (κ1) is 20.2. The third-order valence-electron chi connectivity index (χ3n) is 4.05. The summed E-state index contributed by atoms with van der Waals surface area (Å²) in [4.78, 5) is 24.3. The fourth-order valence-corrected chi connectivity index (χ4v) is 2.35. The van der Waals surface area contributed by atoms with Crippen LogP contribution in [0.1, 0.15) is 49.2 Å². The molecule has 0 unspecified atom stereocenters. The first-order valence-corrected chi connectivity index (χ1v) is 8.68. The summed E-state index contributed by atoms with van der Waals surface area (Å²) in [5.74, 6) is -0.448. The average molecular weight is 365 g/mol. The molecule has 0 spiro atoms. The van der Waals surface area contributed by atoms with Crippen molar-refractivity contribution in [2.45, 2.75) is 39.2 Å². The molecule has 1 atom stereocenters. The summed E-state index contributed by atoms with van der Waals surface area (Å²) < 4.78 is 10.5. The molecule has 27 heavy (non-hydrogen) atoms. The quantitative estimate of drug-likeness (QED) is 0.570. The second kappa shape index (κ2) is 8.50. The van der Waals surface area contributed by atoms with Gasteiger partial charge < -0.3 is 9.47 Å². The predicted octanol–water partition coefficient (Wildman–Crippen LogP) is 4.05. The van der Waals surface area contributed by atoms with Gasteiger partial charge in [-0.2, -0.15) is 5.26 Å². The van der Waals surface area contributed by atoms with Crippen LogP contribution in [0.4, 0.5) is 0 Å². The zero-order valence-corrected chi connectivity index (χ0v) is 16.0. The van der Waals surface area contributed by atoms with Crippen LogP contribution in [0.15, 0.2) is 48.5 Å². The van der Waals surface area contributed by atoms with Crippen LogP contribution in [-0.2, 0) is 14.9 Å². The van der Waals surface area contributed by atoms with Crippen molar-refractivity contribution in [3.63, 3.8) is 0 Å². The van der Waals surface area contributed by atoms with Crippen molar-refractivity contribution in [2.75, 3.05) is 6.61 Å². The lowest BCUT2D eigenvalue weighted by molar-refractivity contribution is -0.149. The van der Waals surface area contributed by atoms with E-state index in [0.717, 1.165) is 5.56 Å². The summed E-state index contributed by atoms with van der Waals surface area (Å²) in [5.41, 5.74) is 2.13. The minimum atomic E-state index is -0.867. The van der Waals surface area contributed by atoms with E-state index >= 15 is 0 Å². The van der Waals surface area contributed by atoms with Gasteiger partial charge in [-0.3, -0.25) is 4.79 Å². The van der Waals surface area contributed by atoms with Crippen LogP contribution < -0.4 is 4.74 Å². The van der Waals surface area contributed by atoms with E-state index < -0.39 is 12.1 Å². The number of nitriles is 1. The molecular formula is C22H23NO4. The maximum atomic E-state index is 12.2. The lowest BCUT2D eigenvalue weighted by atomic mass is 9.86. The highest BCUT2D eigenvalue weighted by Gasteiger charge is 2.19. The minimum Gasteiger partial charge on any atom is -0.479 e. The molecule has 0 heterocycles. The maximum Gasteiger partial charge on any atom is 0.347 e. The molecule has 2 aromatic carbocycles. The molecule has 5 heteroatoms. The van der Waals surface area contributed by atoms with E-state index in [1.54, 1.807) is 43.3 Å². The van der Waals surface area contributed by atoms with Gasteiger partial charge in [-0.15, -0.1) is 0 Å². The number of benzene rings is 2. The topological polar surface area (TPSA) is 76.4 Å². The van der Waals surface area contributed by atoms with Gasteiger partial charge >= 0.3 is 5.97 Å². The van der Waals surface area contributed by atoms with Gasteiger partial charge in [0.15, 0.2) is 18.5 Å². The Bertz CT molecular complexity index is 840. The fourth-order valence-electron chi connectivity index (χ4n) is 2.35. The number of hydrogen-bond donors (Lipinski definition) is 0. The molecule has 0 radical (unpaired) electrons. The Morgan fingerprint density at radius 1 is 1.04 bits per heavy atom. The molecule has 2 aromatic rings. The van der Waals surface area contributed by atoms with Crippen LogP contribution >= 0.6 is 0 Å². The molecule has 0 N–H and O–H groups in total. The normalized spacial score (nSPS) is 12.0. The second-order valence-corrected chi connectivity index (χ2v) is 7.25. The summed E-state index contributed by atoms with van der Waals surface area (Å²) in [6, 6.07) is 15.7. The molecule has 0 saturated heterocycles. The monoisotopic (exact) mass is 365 g/mol. The highest BCUT2D eigenvalue weighted by molar-refractivity contribution is 5.98. The Labute approximate surface area is 159 Å². The van der Waals surface area contributed by atoms with Gasteiger partial charge in [-0.05, 0) is 42.2 Å². The Morgan fingerprint density at radius 2 is 1.63 bits per heavy atom. The molecule has 0 bridgehead atoms. The smallest absolute Gasteiger partial charge is 0.347 e. The van der Waals surface area contributed by atoms with Gasteiger partial charge in [0.05, 0.1) is 11.6 Å². The van der Waals surface area contributed by atoms with Crippen molar-refractivity contribution in [1.82, 2.24) is 0 Å². The molecular weight excluding hydrogens is 342 g/mol. The van der Waals surface area contributed by atoms with Crippen molar-refractivity contribution < 1.29 is 19.1 Å². The van der Waals surface area contributed by atoms with E-state index in [0.29, 0.717) is 16.9 Å². The number of esters is 1. The first-order valence-electron chi connectivity index (χ1n) is 8.68. The number of rotatable bonds is 6.